The third-order valence-electron chi connectivity index (χ3n) is 6.42. The molecule has 1 N–H and O–H groups in total. The van der Waals surface area contributed by atoms with E-state index in [-0.39, 0.29) is 11.8 Å². The largest absolute Gasteiger partial charge is 0.356 e. The zero-order valence-corrected chi connectivity index (χ0v) is 19.0. The Balaban J connectivity index is 1.20. The summed E-state index contributed by atoms with van der Waals surface area (Å²) in [6.45, 7) is 7.44. The Morgan fingerprint density at radius 3 is 2.81 bits per heavy atom. The number of carbonyl (C=O) groups excluding carboxylic acids is 1. The molecule has 1 atom stereocenters. The Kier molecular flexibility index (Phi) is 7.41. The number of benzene rings is 1. The molecule has 0 bridgehead atoms. The number of nitrogens with zero attached hydrogens (tertiary/aromatic N) is 4. The van der Waals surface area contributed by atoms with Crippen LogP contribution < -0.4 is 10.2 Å². The fourth-order valence-corrected chi connectivity index (χ4v) is 4.81. The van der Waals surface area contributed by atoms with Crippen molar-refractivity contribution in [2.45, 2.75) is 39.2 Å². The predicted octanol–water partition coefficient (Wildman–Crippen LogP) is 3.68. The highest BCUT2D eigenvalue weighted by Gasteiger charge is 2.28. The maximum Gasteiger partial charge on any atom is 0.225 e. The number of piperidine rings is 2. The minimum Gasteiger partial charge on any atom is -0.356 e. The first-order chi connectivity index (χ1) is 15.1. The van der Waals surface area contributed by atoms with Crippen LogP contribution in [0, 0.1) is 18.8 Å². The standard InChI is InChI=1S/C24H32ClN5O/c1-18-7-10-26-24(28-18)30-11-3-5-21(17-30)23(31)27-15-19-8-12-29(13-9-19)16-20-4-2-6-22(25)14-20/h2,4,6-7,10,14,19,21H,3,5,8-9,11-13,15-17H2,1H3,(H,27,31)/t21-/m1/s1. The van der Waals surface area contributed by atoms with Crippen molar-refractivity contribution < 1.29 is 4.79 Å². The van der Waals surface area contributed by atoms with Crippen LogP contribution >= 0.6 is 11.6 Å². The molecule has 2 fully saturated rings. The number of anilines is 1. The minimum absolute atomic E-state index is 0.0146. The van der Waals surface area contributed by atoms with Crippen LogP contribution in [-0.2, 0) is 11.3 Å². The fraction of sp³-hybridized carbons (Fsp3) is 0.542. The molecule has 0 saturated carbocycles. The van der Waals surface area contributed by atoms with Crippen LogP contribution in [0.4, 0.5) is 5.95 Å². The number of carbonyl (C=O) groups is 1. The van der Waals surface area contributed by atoms with Crippen molar-refractivity contribution in [3.8, 4) is 0 Å². The number of aromatic nitrogens is 2. The number of likely N-dealkylation sites (tertiary alicyclic amines) is 1. The predicted molar refractivity (Wildman–Crippen MR) is 124 cm³/mol. The molecule has 2 saturated heterocycles. The Morgan fingerprint density at radius 1 is 1.19 bits per heavy atom. The van der Waals surface area contributed by atoms with Crippen molar-refractivity contribution in [2.75, 3.05) is 37.6 Å². The number of hydrogen-bond donors (Lipinski definition) is 1. The molecule has 2 aromatic rings. The molecule has 0 spiro atoms. The van der Waals surface area contributed by atoms with Gasteiger partial charge in [0, 0.05) is 43.1 Å². The zero-order valence-electron chi connectivity index (χ0n) is 18.3. The lowest BCUT2D eigenvalue weighted by atomic mass is 9.94. The Labute approximate surface area is 190 Å². The quantitative estimate of drug-likeness (QED) is 0.740. The summed E-state index contributed by atoms with van der Waals surface area (Å²) in [5.41, 5.74) is 2.22. The monoisotopic (exact) mass is 441 g/mol. The lowest BCUT2D eigenvalue weighted by molar-refractivity contribution is -0.125. The maximum absolute atomic E-state index is 12.8. The molecule has 2 aliphatic rings. The van der Waals surface area contributed by atoms with Crippen LogP contribution in [0.25, 0.3) is 0 Å². The van der Waals surface area contributed by atoms with Crippen LogP contribution in [0.15, 0.2) is 36.5 Å². The molecule has 0 unspecified atom stereocenters. The van der Waals surface area contributed by atoms with E-state index in [9.17, 15) is 4.79 Å². The van der Waals surface area contributed by atoms with E-state index >= 15 is 0 Å². The summed E-state index contributed by atoms with van der Waals surface area (Å²) in [6, 6.07) is 10.0. The SMILES string of the molecule is Cc1ccnc(N2CCC[C@@H](C(=O)NCC3CCN(Cc4cccc(Cl)c4)CC3)C2)n1. The molecule has 7 heteroatoms. The van der Waals surface area contributed by atoms with Crippen LogP contribution in [0.3, 0.4) is 0 Å². The van der Waals surface area contributed by atoms with Crippen molar-refractivity contribution in [1.82, 2.24) is 20.2 Å². The van der Waals surface area contributed by atoms with Gasteiger partial charge in [0.05, 0.1) is 5.92 Å². The van der Waals surface area contributed by atoms with Gasteiger partial charge in [-0.1, -0.05) is 23.7 Å². The molecule has 2 aliphatic heterocycles. The highest BCUT2D eigenvalue weighted by Crippen LogP contribution is 2.22. The molecule has 6 nitrogen and oxygen atoms in total. The summed E-state index contributed by atoms with van der Waals surface area (Å²) < 4.78 is 0. The molecule has 3 heterocycles. The van der Waals surface area contributed by atoms with E-state index in [2.05, 4.69) is 31.2 Å². The smallest absolute Gasteiger partial charge is 0.225 e. The van der Waals surface area contributed by atoms with E-state index in [1.165, 1.54) is 5.56 Å². The Morgan fingerprint density at radius 2 is 2.03 bits per heavy atom. The van der Waals surface area contributed by atoms with Gasteiger partial charge in [0.2, 0.25) is 11.9 Å². The van der Waals surface area contributed by atoms with Crippen molar-refractivity contribution in [3.63, 3.8) is 0 Å². The number of halogens is 1. The molecule has 0 aliphatic carbocycles. The maximum atomic E-state index is 12.8. The number of amides is 1. The average molecular weight is 442 g/mol. The van der Waals surface area contributed by atoms with Gasteiger partial charge in [0.1, 0.15) is 0 Å². The first kappa shape index (κ1) is 22.0. The Hall–Kier alpha value is -2.18. The van der Waals surface area contributed by atoms with Gasteiger partial charge in [0.25, 0.3) is 0 Å². The second-order valence-electron chi connectivity index (χ2n) is 8.88. The van der Waals surface area contributed by atoms with Gasteiger partial charge >= 0.3 is 0 Å². The molecule has 1 aromatic carbocycles. The van der Waals surface area contributed by atoms with Gasteiger partial charge in [0.15, 0.2) is 0 Å². The van der Waals surface area contributed by atoms with Crippen molar-refractivity contribution in [1.29, 1.82) is 0 Å². The molecule has 31 heavy (non-hydrogen) atoms. The van der Waals surface area contributed by atoms with Gasteiger partial charge in [-0.3, -0.25) is 9.69 Å². The normalized spacial score (nSPS) is 20.6. The van der Waals surface area contributed by atoms with Gasteiger partial charge in [-0.15, -0.1) is 0 Å². The fourth-order valence-electron chi connectivity index (χ4n) is 4.59. The van der Waals surface area contributed by atoms with E-state index < -0.39 is 0 Å². The molecule has 4 rings (SSSR count). The van der Waals surface area contributed by atoms with Crippen LogP contribution in [0.5, 0.6) is 0 Å². The summed E-state index contributed by atoms with van der Waals surface area (Å²) in [7, 11) is 0. The number of rotatable bonds is 6. The summed E-state index contributed by atoms with van der Waals surface area (Å²) >= 11 is 6.10. The first-order valence-corrected chi connectivity index (χ1v) is 11.7. The molecule has 0 radical (unpaired) electrons. The molecule has 166 valence electrons. The first-order valence-electron chi connectivity index (χ1n) is 11.4. The molecular formula is C24H32ClN5O. The molecular weight excluding hydrogens is 410 g/mol. The highest BCUT2D eigenvalue weighted by molar-refractivity contribution is 6.30. The van der Waals surface area contributed by atoms with Gasteiger partial charge in [-0.25, -0.2) is 9.97 Å². The van der Waals surface area contributed by atoms with Crippen molar-refractivity contribution in [2.24, 2.45) is 11.8 Å². The molecule has 1 amide bonds. The highest BCUT2D eigenvalue weighted by atomic mass is 35.5. The van der Waals surface area contributed by atoms with E-state index in [0.29, 0.717) is 12.5 Å². The summed E-state index contributed by atoms with van der Waals surface area (Å²) in [5.74, 6) is 1.49. The topological polar surface area (TPSA) is 61.4 Å². The third kappa shape index (κ3) is 6.17. The average Bonchev–Trinajstić information content (AvgIpc) is 2.78. The summed E-state index contributed by atoms with van der Waals surface area (Å²) in [5, 5.41) is 4.03. The van der Waals surface area contributed by atoms with E-state index in [1.807, 2.05) is 31.2 Å². The minimum atomic E-state index is 0.0146. The third-order valence-corrected chi connectivity index (χ3v) is 6.66. The van der Waals surface area contributed by atoms with Crippen LogP contribution in [0.1, 0.15) is 36.9 Å². The van der Waals surface area contributed by atoms with E-state index in [0.717, 1.165) is 75.1 Å². The van der Waals surface area contributed by atoms with Crippen LogP contribution in [-0.4, -0.2) is 53.5 Å². The van der Waals surface area contributed by atoms with Crippen LogP contribution in [0.2, 0.25) is 5.02 Å². The lowest BCUT2D eigenvalue weighted by Crippen LogP contribution is -2.45. The van der Waals surface area contributed by atoms with E-state index in [1.54, 1.807) is 6.20 Å². The van der Waals surface area contributed by atoms with Crippen molar-refractivity contribution in [3.05, 3.63) is 52.8 Å². The summed E-state index contributed by atoms with van der Waals surface area (Å²) in [4.78, 5) is 26.4. The second-order valence-corrected chi connectivity index (χ2v) is 9.31. The number of aryl methyl sites for hydroxylation is 1. The molecule has 1 aromatic heterocycles. The summed E-state index contributed by atoms with van der Waals surface area (Å²) in [6.07, 6.45) is 5.97. The van der Waals surface area contributed by atoms with Gasteiger partial charge in [-0.2, -0.15) is 0 Å². The number of hydrogen-bond acceptors (Lipinski definition) is 5. The van der Waals surface area contributed by atoms with Gasteiger partial charge < -0.3 is 10.2 Å². The number of nitrogens with one attached hydrogen (secondary N) is 1. The second kappa shape index (κ2) is 10.4. The zero-order chi connectivity index (χ0) is 21.6. The lowest BCUT2D eigenvalue weighted by Gasteiger charge is -2.34. The Bertz CT molecular complexity index is 884. The van der Waals surface area contributed by atoms with E-state index in [4.69, 9.17) is 11.6 Å². The van der Waals surface area contributed by atoms with Crippen molar-refractivity contribution >= 4 is 23.5 Å². The van der Waals surface area contributed by atoms with Gasteiger partial charge in [-0.05, 0) is 75.4 Å².